The summed E-state index contributed by atoms with van der Waals surface area (Å²) < 4.78 is 10.9. The van der Waals surface area contributed by atoms with Crippen LogP contribution in [-0.4, -0.2) is 28.2 Å². The maximum Gasteiger partial charge on any atom is 0.290 e. The Bertz CT molecular complexity index is 1090. The molecule has 0 spiro atoms. The zero-order valence-electron chi connectivity index (χ0n) is 13.3. The van der Waals surface area contributed by atoms with Crippen LogP contribution < -0.4 is 10.1 Å². The number of nitrogens with one attached hydrogen (secondary N) is 1. The molecule has 3 aromatic heterocycles. The second-order valence-corrected chi connectivity index (χ2v) is 6.74. The van der Waals surface area contributed by atoms with E-state index in [2.05, 4.69) is 15.3 Å². The quantitative estimate of drug-likeness (QED) is 0.681. The van der Waals surface area contributed by atoms with Gasteiger partial charge in [0, 0.05) is 41.2 Å². The zero-order valence-corrected chi connectivity index (χ0v) is 14.9. The summed E-state index contributed by atoms with van der Waals surface area (Å²) >= 11 is 6.98. The number of amides is 2. The Kier molecular flexibility index (Phi) is 4.14. The monoisotopic (exact) mass is 387 g/mol. The highest BCUT2D eigenvalue weighted by molar-refractivity contribution is 8.18. The fourth-order valence-corrected chi connectivity index (χ4v) is 3.44. The van der Waals surface area contributed by atoms with Crippen LogP contribution in [-0.2, 0) is 4.79 Å². The Morgan fingerprint density at radius 1 is 1.27 bits per heavy atom. The van der Waals surface area contributed by atoms with Gasteiger partial charge < -0.3 is 9.15 Å². The van der Waals surface area contributed by atoms with Gasteiger partial charge in [-0.2, -0.15) is 0 Å². The Labute approximate surface area is 156 Å². The van der Waals surface area contributed by atoms with Gasteiger partial charge in [0.25, 0.3) is 11.1 Å². The van der Waals surface area contributed by atoms with Gasteiger partial charge >= 0.3 is 0 Å². The number of pyridine rings is 2. The Hall–Kier alpha value is -2.84. The molecule has 0 unspecified atom stereocenters. The average molecular weight is 388 g/mol. The lowest BCUT2D eigenvalue weighted by Gasteiger charge is -2.05. The summed E-state index contributed by atoms with van der Waals surface area (Å²) in [6.07, 6.45) is 6.42. The van der Waals surface area contributed by atoms with E-state index in [0.29, 0.717) is 33.4 Å². The van der Waals surface area contributed by atoms with Gasteiger partial charge in [-0.05, 0) is 23.9 Å². The van der Waals surface area contributed by atoms with E-state index in [9.17, 15) is 9.59 Å². The number of ether oxygens (including phenoxy) is 1. The minimum Gasteiger partial charge on any atom is -0.480 e. The number of thioether (sulfide) groups is 1. The molecule has 7 nitrogen and oxygen atoms in total. The van der Waals surface area contributed by atoms with Gasteiger partial charge in [-0.3, -0.25) is 19.9 Å². The summed E-state index contributed by atoms with van der Waals surface area (Å²) in [5, 5.41) is 2.91. The highest BCUT2D eigenvalue weighted by Crippen LogP contribution is 2.34. The van der Waals surface area contributed by atoms with Crippen LogP contribution in [0.25, 0.3) is 28.2 Å². The minimum absolute atomic E-state index is 0.276. The Balaban J connectivity index is 1.79. The summed E-state index contributed by atoms with van der Waals surface area (Å²) in [6, 6.07) is 3.46. The highest BCUT2D eigenvalue weighted by Gasteiger charge is 2.25. The number of hydrogen-bond donors (Lipinski definition) is 1. The summed E-state index contributed by atoms with van der Waals surface area (Å²) in [5.74, 6) is 0.327. The number of methoxy groups -OCH3 is 1. The molecule has 1 saturated heterocycles. The molecule has 0 atom stereocenters. The third-order valence-electron chi connectivity index (χ3n) is 3.67. The molecule has 1 aliphatic rings. The summed E-state index contributed by atoms with van der Waals surface area (Å²) in [5.41, 5.74) is 1.99. The van der Waals surface area contributed by atoms with Crippen molar-refractivity contribution in [1.29, 1.82) is 0 Å². The second kappa shape index (κ2) is 6.47. The standard InChI is InChI=1S/C17H10ClN3O4S/c1-24-16-12(18)3-8(6-20-16)11-7-19-5-9-2-10(25-14(9)11)4-13-15(22)21-17(23)26-13/h2-7H,1H3,(H,21,22,23)/b13-4+. The van der Waals surface area contributed by atoms with Crippen molar-refractivity contribution in [3.63, 3.8) is 0 Å². The molecule has 0 radical (unpaired) electrons. The molecular formula is C17H10ClN3O4S. The largest absolute Gasteiger partial charge is 0.480 e. The van der Waals surface area contributed by atoms with Gasteiger partial charge in [0.2, 0.25) is 5.88 Å². The van der Waals surface area contributed by atoms with Crippen LogP contribution in [0.4, 0.5) is 4.79 Å². The molecule has 0 aromatic carbocycles. The summed E-state index contributed by atoms with van der Waals surface area (Å²) in [7, 11) is 1.49. The summed E-state index contributed by atoms with van der Waals surface area (Å²) in [6.45, 7) is 0. The molecule has 26 heavy (non-hydrogen) atoms. The Morgan fingerprint density at radius 3 is 2.81 bits per heavy atom. The van der Waals surface area contributed by atoms with Crippen molar-refractivity contribution in [2.75, 3.05) is 7.11 Å². The number of fused-ring (bicyclic) bond motifs is 1. The molecule has 4 rings (SSSR count). The Morgan fingerprint density at radius 2 is 2.12 bits per heavy atom. The number of hydrogen-bond acceptors (Lipinski definition) is 7. The molecule has 2 amide bonds. The normalized spacial score (nSPS) is 15.7. The number of carbonyl (C=O) groups excluding carboxylic acids is 2. The fourth-order valence-electron chi connectivity index (χ4n) is 2.53. The number of imide groups is 1. The predicted octanol–water partition coefficient (Wildman–Crippen LogP) is 3.88. The first-order valence-corrected chi connectivity index (χ1v) is 8.57. The molecule has 0 aliphatic carbocycles. The van der Waals surface area contributed by atoms with Crippen LogP contribution in [0.2, 0.25) is 5.02 Å². The number of halogens is 1. The number of rotatable bonds is 3. The van der Waals surface area contributed by atoms with Crippen molar-refractivity contribution in [1.82, 2.24) is 15.3 Å². The first kappa shape index (κ1) is 16.6. The molecule has 0 bridgehead atoms. The van der Waals surface area contributed by atoms with Gasteiger partial charge in [-0.15, -0.1) is 0 Å². The van der Waals surface area contributed by atoms with E-state index in [1.165, 1.54) is 13.2 Å². The van der Waals surface area contributed by atoms with Gasteiger partial charge in [-0.1, -0.05) is 11.6 Å². The van der Waals surface area contributed by atoms with E-state index in [1.54, 1.807) is 30.7 Å². The first-order chi connectivity index (χ1) is 12.5. The third kappa shape index (κ3) is 2.93. The van der Waals surface area contributed by atoms with Gasteiger partial charge in [0.05, 0.1) is 12.0 Å². The first-order valence-electron chi connectivity index (χ1n) is 7.37. The maximum absolute atomic E-state index is 11.7. The van der Waals surface area contributed by atoms with Crippen molar-refractivity contribution in [2.45, 2.75) is 0 Å². The molecule has 1 aliphatic heterocycles. The van der Waals surface area contributed by atoms with E-state index in [0.717, 1.165) is 17.1 Å². The van der Waals surface area contributed by atoms with Crippen molar-refractivity contribution in [3.8, 4) is 17.0 Å². The van der Waals surface area contributed by atoms with Crippen LogP contribution in [0.3, 0.4) is 0 Å². The van der Waals surface area contributed by atoms with Crippen LogP contribution >= 0.6 is 23.4 Å². The molecule has 4 heterocycles. The van der Waals surface area contributed by atoms with Crippen LogP contribution in [0, 0.1) is 0 Å². The fraction of sp³-hybridized carbons (Fsp3) is 0.0588. The van der Waals surface area contributed by atoms with E-state index >= 15 is 0 Å². The van der Waals surface area contributed by atoms with E-state index in [-0.39, 0.29) is 4.91 Å². The SMILES string of the molecule is COc1ncc(-c2cncc3cc(/C=C4/SC(=O)NC4=O)oc23)cc1Cl. The van der Waals surface area contributed by atoms with Gasteiger partial charge in [0.15, 0.2) is 0 Å². The number of nitrogens with zero attached hydrogens (tertiary/aromatic N) is 2. The number of aromatic nitrogens is 2. The van der Waals surface area contributed by atoms with E-state index in [1.807, 2.05) is 0 Å². The zero-order chi connectivity index (χ0) is 18.3. The van der Waals surface area contributed by atoms with Crippen molar-refractivity contribution in [3.05, 3.63) is 46.4 Å². The molecular weight excluding hydrogens is 378 g/mol. The van der Waals surface area contributed by atoms with Crippen molar-refractivity contribution in [2.24, 2.45) is 0 Å². The van der Waals surface area contributed by atoms with Crippen molar-refractivity contribution >= 4 is 51.6 Å². The molecule has 3 aromatic rings. The van der Waals surface area contributed by atoms with E-state index < -0.39 is 11.1 Å². The number of carbonyl (C=O) groups is 2. The predicted molar refractivity (Wildman–Crippen MR) is 97.9 cm³/mol. The second-order valence-electron chi connectivity index (χ2n) is 5.32. The number of furan rings is 1. The molecule has 1 fully saturated rings. The average Bonchev–Trinajstić information content (AvgIpc) is 3.16. The lowest BCUT2D eigenvalue weighted by atomic mass is 10.1. The van der Waals surface area contributed by atoms with E-state index in [4.69, 9.17) is 20.8 Å². The van der Waals surface area contributed by atoms with Crippen LogP contribution in [0.15, 0.2) is 40.0 Å². The lowest BCUT2D eigenvalue weighted by molar-refractivity contribution is -0.115. The minimum atomic E-state index is -0.440. The molecule has 9 heteroatoms. The highest BCUT2D eigenvalue weighted by atomic mass is 35.5. The van der Waals surface area contributed by atoms with Crippen LogP contribution in [0.1, 0.15) is 5.76 Å². The third-order valence-corrected chi connectivity index (χ3v) is 4.75. The van der Waals surface area contributed by atoms with Crippen LogP contribution in [0.5, 0.6) is 5.88 Å². The van der Waals surface area contributed by atoms with Crippen molar-refractivity contribution < 1.29 is 18.7 Å². The smallest absolute Gasteiger partial charge is 0.290 e. The molecule has 130 valence electrons. The summed E-state index contributed by atoms with van der Waals surface area (Å²) in [4.78, 5) is 31.6. The molecule has 1 N–H and O–H groups in total. The molecule has 0 saturated carbocycles. The lowest BCUT2D eigenvalue weighted by Crippen LogP contribution is -2.17. The maximum atomic E-state index is 11.7. The van der Waals surface area contributed by atoms with Gasteiger partial charge in [0.1, 0.15) is 16.4 Å². The van der Waals surface area contributed by atoms with Gasteiger partial charge in [-0.25, -0.2) is 4.98 Å². The topological polar surface area (TPSA) is 94.3 Å².